The summed E-state index contributed by atoms with van der Waals surface area (Å²) in [6.07, 6.45) is 2.10. The molecule has 0 radical (unpaired) electrons. The van der Waals surface area contributed by atoms with Gasteiger partial charge in [-0.25, -0.2) is 0 Å². The van der Waals surface area contributed by atoms with Gasteiger partial charge < -0.3 is 21.8 Å². The van der Waals surface area contributed by atoms with E-state index in [1.54, 1.807) is 0 Å². The second-order valence-electron chi connectivity index (χ2n) is 6.05. The number of nitrogens with two attached hydrogens (primary N) is 2. The molecule has 0 saturated heterocycles. The van der Waals surface area contributed by atoms with Crippen LogP contribution >= 0.6 is 0 Å². The monoisotopic (exact) mass is 306 g/mol. The van der Waals surface area contributed by atoms with Gasteiger partial charge >= 0.3 is 0 Å². The smallest absolute Gasteiger partial charge is 0.254 e. The van der Waals surface area contributed by atoms with Crippen LogP contribution in [0.1, 0.15) is 23.2 Å². The van der Waals surface area contributed by atoms with E-state index in [1.165, 1.54) is 0 Å². The van der Waals surface area contributed by atoms with Gasteiger partial charge in [0.25, 0.3) is 5.91 Å². The van der Waals surface area contributed by atoms with Crippen molar-refractivity contribution in [3.05, 3.63) is 48.0 Å². The van der Waals surface area contributed by atoms with E-state index in [-0.39, 0.29) is 5.91 Å². The Labute approximate surface area is 133 Å². The molecule has 0 aliphatic heterocycles. The molecule has 6 N–H and O–H groups in total. The number of carbonyl (C=O) groups is 1. The van der Waals surface area contributed by atoms with Crippen LogP contribution in [-0.4, -0.2) is 16.9 Å². The number of nitrogen functional groups attached to an aromatic ring is 2. The SMILES string of the molecule is Nc1ccc(-c2[nH]c3ccc(N)cc3c2C(=O)NC2CC2)cc1. The van der Waals surface area contributed by atoms with Crippen LogP contribution in [0.5, 0.6) is 0 Å². The molecule has 3 aromatic rings. The van der Waals surface area contributed by atoms with E-state index in [2.05, 4.69) is 10.3 Å². The normalized spacial score (nSPS) is 14.1. The summed E-state index contributed by atoms with van der Waals surface area (Å²) in [5.41, 5.74) is 16.3. The number of nitrogens with one attached hydrogen (secondary N) is 2. The van der Waals surface area contributed by atoms with Crippen LogP contribution in [0.4, 0.5) is 11.4 Å². The molecule has 5 nitrogen and oxygen atoms in total. The lowest BCUT2D eigenvalue weighted by Crippen LogP contribution is -2.25. The molecule has 2 aromatic carbocycles. The van der Waals surface area contributed by atoms with Gasteiger partial charge in [-0.2, -0.15) is 0 Å². The fraction of sp³-hybridized carbons (Fsp3) is 0.167. The third-order valence-corrected chi connectivity index (χ3v) is 4.16. The molecular formula is C18H18N4O. The largest absolute Gasteiger partial charge is 0.399 e. The Hall–Kier alpha value is -2.95. The van der Waals surface area contributed by atoms with Crippen LogP contribution in [0, 0.1) is 0 Å². The highest BCUT2D eigenvalue weighted by molar-refractivity contribution is 6.13. The highest BCUT2D eigenvalue weighted by Crippen LogP contribution is 2.32. The number of hydrogen-bond acceptors (Lipinski definition) is 3. The lowest BCUT2D eigenvalue weighted by atomic mass is 10.0. The van der Waals surface area contributed by atoms with Crippen molar-refractivity contribution in [3.8, 4) is 11.3 Å². The number of aromatic nitrogens is 1. The van der Waals surface area contributed by atoms with Crippen molar-refractivity contribution in [1.29, 1.82) is 0 Å². The first-order valence-corrected chi connectivity index (χ1v) is 7.70. The molecule has 5 heteroatoms. The highest BCUT2D eigenvalue weighted by atomic mass is 16.1. The fourth-order valence-electron chi connectivity index (χ4n) is 2.80. The third-order valence-electron chi connectivity index (χ3n) is 4.16. The Kier molecular flexibility index (Phi) is 3.01. The maximum absolute atomic E-state index is 12.7. The van der Waals surface area contributed by atoms with Crippen LogP contribution in [0.25, 0.3) is 22.2 Å². The van der Waals surface area contributed by atoms with Crippen molar-refractivity contribution in [2.24, 2.45) is 0 Å². The summed E-state index contributed by atoms with van der Waals surface area (Å²) >= 11 is 0. The van der Waals surface area contributed by atoms with Crippen molar-refractivity contribution in [3.63, 3.8) is 0 Å². The van der Waals surface area contributed by atoms with Crippen LogP contribution in [0.3, 0.4) is 0 Å². The minimum atomic E-state index is -0.0591. The van der Waals surface area contributed by atoms with Gasteiger partial charge in [0.05, 0.1) is 11.3 Å². The second kappa shape index (κ2) is 5.05. The molecule has 0 bridgehead atoms. The highest BCUT2D eigenvalue weighted by Gasteiger charge is 2.27. The Bertz CT molecular complexity index is 891. The van der Waals surface area contributed by atoms with E-state index in [0.29, 0.717) is 23.0 Å². The number of carbonyl (C=O) groups excluding carboxylic acids is 1. The van der Waals surface area contributed by atoms with Gasteiger partial charge in [0, 0.05) is 28.3 Å². The van der Waals surface area contributed by atoms with Crippen LogP contribution in [0.2, 0.25) is 0 Å². The van der Waals surface area contributed by atoms with Crippen LogP contribution in [-0.2, 0) is 0 Å². The molecular weight excluding hydrogens is 288 g/mol. The van der Waals surface area contributed by atoms with E-state index >= 15 is 0 Å². The molecule has 23 heavy (non-hydrogen) atoms. The molecule has 1 fully saturated rings. The first-order valence-electron chi connectivity index (χ1n) is 7.70. The second-order valence-corrected chi connectivity index (χ2v) is 6.05. The van der Waals surface area contributed by atoms with Crippen LogP contribution < -0.4 is 16.8 Å². The zero-order valence-corrected chi connectivity index (χ0v) is 12.6. The molecule has 1 aliphatic rings. The average molecular weight is 306 g/mol. The van der Waals surface area contributed by atoms with Gasteiger partial charge in [0.1, 0.15) is 0 Å². The standard InChI is InChI=1S/C18H18N4O/c19-11-3-1-10(2-4-11)17-16(18(23)21-13-6-7-13)14-9-12(20)5-8-15(14)22-17/h1-5,8-9,13,22H,6-7,19-20H2,(H,21,23). The number of rotatable bonds is 3. The maximum Gasteiger partial charge on any atom is 0.254 e. The summed E-state index contributed by atoms with van der Waals surface area (Å²) in [4.78, 5) is 16.1. The number of aromatic amines is 1. The van der Waals surface area contributed by atoms with Gasteiger partial charge in [-0.1, -0.05) is 12.1 Å². The minimum Gasteiger partial charge on any atom is -0.399 e. The number of H-pyrrole nitrogens is 1. The maximum atomic E-state index is 12.7. The first-order chi connectivity index (χ1) is 11.1. The summed E-state index contributed by atoms with van der Waals surface area (Å²) in [5.74, 6) is -0.0591. The molecule has 116 valence electrons. The van der Waals surface area contributed by atoms with Gasteiger partial charge in [0.15, 0.2) is 0 Å². The molecule has 1 aliphatic carbocycles. The topological polar surface area (TPSA) is 96.9 Å². The predicted molar refractivity (Wildman–Crippen MR) is 93.0 cm³/mol. The quantitative estimate of drug-likeness (QED) is 0.560. The Morgan fingerprint density at radius 1 is 1.04 bits per heavy atom. The number of hydrogen-bond donors (Lipinski definition) is 4. The average Bonchev–Trinajstić information content (AvgIpc) is 3.26. The summed E-state index contributed by atoms with van der Waals surface area (Å²) < 4.78 is 0. The van der Waals surface area contributed by atoms with E-state index in [0.717, 1.165) is 35.0 Å². The zero-order valence-electron chi connectivity index (χ0n) is 12.6. The molecule has 0 spiro atoms. The molecule has 1 amide bonds. The van der Waals surface area contributed by atoms with Gasteiger partial charge in [-0.15, -0.1) is 0 Å². The van der Waals surface area contributed by atoms with E-state index in [4.69, 9.17) is 11.5 Å². The van der Waals surface area contributed by atoms with Gasteiger partial charge in [-0.05, 0) is 48.7 Å². The van der Waals surface area contributed by atoms with Crippen molar-refractivity contribution in [2.45, 2.75) is 18.9 Å². The molecule has 1 saturated carbocycles. The molecule has 0 atom stereocenters. The van der Waals surface area contributed by atoms with E-state index < -0.39 is 0 Å². The first kappa shape index (κ1) is 13.7. The molecule has 1 aromatic heterocycles. The number of amides is 1. The third kappa shape index (κ3) is 2.50. The van der Waals surface area contributed by atoms with E-state index in [1.807, 2.05) is 42.5 Å². The van der Waals surface area contributed by atoms with Crippen molar-refractivity contribution in [1.82, 2.24) is 10.3 Å². The van der Waals surface area contributed by atoms with Crippen molar-refractivity contribution >= 4 is 28.2 Å². The number of anilines is 2. The van der Waals surface area contributed by atoms with E-state index in [9.17, 15) is 4.79 Å². The minimum absolute atomic E-state index is 0.0591. The summed E-state index contributed by atoms with van der Waals surface area (Å²) in [5, 5.41) is 3.91. The molecule has 4 rings (SSSR count). The van der Waals surface area contributed by atoms with Crippen molar-refractivity contribution < 1.29 is 4.79 Å². The predicted octanol–water partition coefficient (Wildman–Crippen LogP) is 2.89. The summed E-state index contributed by atoms with van der Waals surface area (Å²) in [6.45, 7) is 0. The lowest BCUT2D eigenvalue weighted by molar-refractivity contribution is 0.0953. The summed E-state index contributed by atoms with van der Waals surface area (Å²) in [7, 11) is 0. The van der Waals surface area contributed by atoms with Gasteiger partial charge in [-0.3, -0.25) is 4.79 Å². The van der Waals surface area contributed by atoms with Gasteiger partial charge in [0.2, 0.25) is 0 Å². The summed E-state index contributed by atoms with van der Waals surface area (Å²) in [6, 6.07) is 13.4. The fourth-order valence-corrected chi connectivity index (χ4v) is 2.80. The Morgan fingerprint density at radius 3 is 2.43 bits per heavy atom. The lowest BCUT2D eigenvalue weighted by Gasteiger charge is -2.07. The molecule has 1 heterocycles. The molecule has 0 unspecified atom stereocenters. The Balaban J connectivity index is 1.90. The number of benzene rings is 2. The van der Waals surface area contributed by atoms with Crippen molar-refractivity contribution in [2.75, 3.05) is 11.5 Å². The zero-order chi connectivity index (χ0) is 16.0. The van der Waals surface area contributed by atoms with Crippen LogP contribution in [0.15, 0.2) is 42.5 Å². The number of fused-ring (bicyclic) bond motifs is 1. The Morgan fingerprint density at radius 2 is 1.74 bits per heavy atom.